The van der Waals surface area contributed by atoms with Gasteiger partial charge >= 0.3 is 11.7 Å². The van der Waals surface area contributed by atoms with Gasteiger partial charge in [0, 0.05) is 18.7 Å². The van der Waals surface area contributed by atoms with Crippen molar-refractivity contribution in [3.8, 4) is 0 Å². The normalized spacial score (nSPS) is 10.7. The molecule has 1 rings (SSSR count). The van der Waals surface area contributed by atoms with Gasteiger partial charge in [-0.3, -0.25) is 30.4 Å². The molecule has 0 saturated carbocycles. The smallest absolute Gasteiger partial charge is 0.305 e. The van der Waals surface area contributed by atoms with Gasteiger partial charge in [0.05, 0.1) is 23.0 Å². The number of ether oxygens (including phenoxy) is 1. The van der Waals surface area contributed by atoms with Crippen LogP contribution in [-0.2, 0) is 9.53 Å². The standard InChI is InChI=1S/C16H22N4O6/c1-26-16(21)8-6-4-2-3-5-7-11-17-18-14-10-9-13(19(22)23)12-15(14)20(24)25/h9-12,18H,2-8H2,1H3. The molecule has 0 aliphatic carbocycles. The number of nitrogens with one attached hydrogen (secondary N) is 1. The van der Waals surface area contributed by atoms with Gasteiger partial charge in [0.15, 0.2) is 0 Å². The van der Waals surface area contributed by atoms with Gasteiger partial charge in [-0.15, -0.1) is 0 Å². The molecule has 0 amide bonds. The molecular formula is C16H22N4O6. The number of carbonyl (C=O) groups is 1. The molecule has 0 atom stereocenters. The minimum Gasteiger partial charge on any atom is -0.469 e. The highest BCUT2D eigenvalue weighted by atomic mass is 16.6. The molecule has 0 saturated heterocycles. The number of esters is 1. The van der Waals surface area contributed by atoms with E-state index in [1.165, 1.54) is 19.2 Å². The molecule has 10 nitrogen and oxygen atoms in total. The van der Waals surface area contributed by atoms with E-state index in [0.717, 1.165) is 38.2 Å². The lowest BCUT2D eigenvalue weighted by Crippen LogP contribution is -1.99. The number of non-ortho nitro benzene ring substituents is 1. The number of nitro benzene ring substituents is 2. The first-order valence-corrected chi connectivity index (χ1v) is 8.23. The summed E-state index contributed by atoms with van der Waals surface area (Å²) in [6, 6.07) is 3.33. The number of methoxy groups -OCH3 is 1. The third-order valence-electron chi connectivity index (χ3n) is 3.61. The summed E-state index contributed by atoms with van der Waals surface area (Å²) in [5.74, 6) is -0.191. The fraction of sp³-hybridized carbons (Fsp3) is 0.500. The van der Waals surface area contributed by atoms with Gasteiger partial charge in [0.25, 0.3) is 5.69 Å². The van der Waals surface area contributed by atoms with E-state index in [-0.39, 0.29) is 17.3 Å². The van der Waals surface area contributed by atoms with Crippen molar-refractivity contribution in [2.24, 2.45) is 5.10 Å². The zero-order valence-corrected chi connectivity index (χ0v) is 14.6. The number of anilines is 1. The number of hydrogen-bond donors (Lipinski definition) is 1. The van der Waals surface area contributed by atoms with Crippen molar-refractivity contribution in [2.45, 2.75) is 44.9 Å². The highest BCUT2D eigenvalue weighted by molar-refractivity contribution is 5.69. The predicted molar refractivity (Wildman–Crippen MR) is 96.2 cm³/mol. The lowest BCUT2D eigenvalue weighted by Gasteiger charge is -2.02. The molecule has 10 heteroatoms. The predicted octanol–water partition coefficient (Wildman–Crippen LogP) is 3.80. The van der Waals surface area contributed by atoms with Gasteiger partial charge in [-0.05, 0) is 25.3 Å². The summed E-state index contributed by atoms with van der Waals surface area (Å²) in [5, 5.41) is 25.6. The fourth-order valence-corrected chi connectivity index (χ4v) is 2.20. The van der Waals surface area contributed by atoms with Crippen LogP contribution in [0.3, 0.4) is 0 Å². The first-order valence-electron chi connectivity index (χ1n) is 8.23. The summed E-state index contributed by atoms with van der Waals surface area (Å²) in [7, 11) is 1.38. The quantitative estimate of drug-likeness (QED) is 0.195. The Kier molecular flexibility index (Phi) is 9.29. The lowest BCUT2D eigenvalue weighted by atomic mass is 10.1. The van der Waals surface area contributed by atoms with Crippen LogP contribution < -0.4 is 5.43 Å². The molecule has 0 unspecified atom stereocenters. The van der Waals surface area contributed by atoms with Gasteiger partial charge in [-0.25, -0.2) is 0 Å². The van der Waals surface area contributed by atoms with E-state index in [4.69, 9.17) is 0 Å². The van der Waals surface area contributed by atoms with Gasteiger partial charge in [0.1, 0.15) is 5.69 Å². The van der Waals surface area contributed by atoms with Crippen LogP contribution >= 0.6 is 0 Å². The molecule has 0 aliphatic heterocycles. The molecule has 1 aromatic carbocycles. The molecule has 0 aliphatic rings. The molecule has 0 spiro atoms. The number of nitro groups is 2. The Balaban J connectivity index is 2.31. The van der Waals surface area contributed by atoms with Crippen molar-refractivity contribution in [1.82, 2.24) is 0 Å². The molecule has 26 heavy (non-hydrogen) atoms. The summed E-state index contributed by atoms with van der Waals surface area (Å²) < 4.78 is 4.56. The molecule has 142 valence electrons. The van der Waals surface area contributed by atoms with Crippen molar-refractivity contribution in [3.05, 3.63) is 38.4 Å². The molecule has 0 radical (unpaired) electrons. The van der Waals surface area contributed by atoms with E-state index in [9.17, 15) is 25.0 Å². The van der Waals surface area contributed by atoms with E-state index >= 15 is 0 Å². The molecule has 0 fully saturated rings. The monoisotopic (exact) mass is 366 g/mol. The topological polar surface area (TPSA) is 137 Å². The second kappa shape index (κ2) is 11.5. The van der Waals surface area contributed by atoms with E-state index in [1.54, 1.807) is 6.21 Å². The maximum Gasteiger partial charge on any atom is 0.305 e. The van der Waals surface area contributed by atoms with Crippen LogP contribution in [-0.4, -0.2) is 29.1 Å². The molecule has 1 N–H and O–H groups in total. The van der Waals surface area contributed by atoms with Crippen LogP contribution in [0.4, 0.5) is 17.1 Å². The summed E-state index contributed by atoms with van der Waals surface area (Å²) in [6.07, 6.45) is 7.43. The van der Waals surface area contributed by atoms with Gasteiger partial charge < -0.3 is 4.74 Å². The van der Waals surface area contributed by atoms with E-state index < -0.39 is 15.5 Å². The van der Waals surface area contributed by atoms with E-state index in [2.05, 4.69) is 15.3 Å². The largest absolute Gasteiger partial charge is 0.469 e. The van der Waals surface area contributed by atoms with Crippen molar-refractivity contribution in [1.29, 1.82) is 0 Å². The second-order valence-corrected chi connectivity index (χ2v) is 5.52. The van der Waals surface area contributed by atoms with Gasteiger partial charge in [-0.2, -0.15) is 5.10 Å². The third-order valence-corrected chi connectivity index (χ3v) is 3.61. The highest BCUT2D eigenvalue weighted by Gasteiger charge is 2.18. The first kappa shape index (κ1) is 21.0. The highest BCUT2D eigenvalue weighted by Crippen LogP contribution is 2.28. The van der Waals surface area contributed by atoms with Crippen molar-refractivity contribution in [3.63, 3.8) is 0 Å². The molecule has 0 heterocycles. The minimum atomic E-state index is -0.695. The van der Waals surface area contributed by atoms with Crippen molar-refractivity contribution >= 4 is 29.2 Å². The Morgan fingerprint density at radius 1 is 1.15 bits per heavy atom. The zero-order valence-electron chi connectivity index (χ0n) is 14.6. The van der Waals surface area contributed by atoms with Crippen LogP contribution in [0.15, 0.2) is 23.3 Å². The minimum absolute atomic E-state index is 0.0969. The number of rotatable bonds is 12. The van der Waals surface area contributed by atoms with Gasteiger partial charge in [0.2, 0.25) is 0 Å². The first-order chi connectivity index (χ1) is 12.5. The molecule has 1 aromatic rings. The Bertz CT molecular complexity index is 662. The number of carbonyl (C=O) groups excluding carboxylic acids is 1. The van der Waals surface area contributed by atoms with Gasteiger partial charge in [-0.1, -0.05) is 19.3 Å². The summed E-state index contributed by atoms with van der Waals surface area (Å²) in [6.45, 7) is 0. The number of benzene rings is 1. The zero-order chi connectivity index (χ0) is 19.4. The maximum absolute atomic E-state index is 11.0. The van der Waals surface area contributed by atoms with Crippen molar-refractivity contribution < 1.29 is 19.4 Å². The van der Waals surface area contributed by atoms with Crippen LogP contribution in [0.1, 0.15) is 44.9 Å². The Morgan fingerprint density at radius 2 is 1.85 bits per heavy atom. The van der Waals surface area contributed by atoms with E-state index in [0.29, 0.717) is 12.8 Å². The molecular weight excluding hydrogens is 344 g/mol. The number of unbranched alkanes of at least 4 members (excludes halogenated alkanes) is 5. The second-order valence-electron chi connectivity index (χ2n) is 5.52. The Morgan fingerprint density at radius 3 is 2.50 bits per heavy atom. The summed E-state index contributed by atoms with van der Waals surface area (Å²) in [5.41, 5.74) is 1.89. The van der Waals surface area contributed by atoms with Crippen molar-refractivity contribution in [2.75, 3.05) is 12.5 Å². The Labute approximate surface area is 150 Å². The summed E-state index contributed by atoms with van der Waals surface area (Å²) in [4.78, 5) is 31.2. The average Bonchev–Trinajstić information content (AvgIpc) is 2.62. The van der Waals surface area contributed by atoms with Crippen LogP contribution in [0, 0.1) is 20.2 Å². The molecule has 0 aromatic heterocycles. The molecule has 0 bridgehead atoms. The van der Waals surface area contributed by atoms with Crippen LogP contribution in [0.5, 0.6) is 0 Å². The fourth-order valence-electron chi connectivity index (χ4n) is 2.20. The third kappa shape index (κ3) is 7.69. The maximum atomic E-state index is 11.0. The summed E-state index contributed by atoms with van der Waals surface area (Å²) >= 11 is 0. The Hall–Kier alpha value is -3.04. The lowest BCUT2D eigenvalue weighted by molar-refractivity contribution is -0.393. The number of nitrogens with zero attached hydrogens (tertiary/aromatic N) is 3. The van der Waals surface area contributed by atoms with E-state index in [1.807, 2.05) is 0 Å². The average molecular weight is 366 g/mol. The number of hydrogen-bond acceptors (Lipinski definition) is 8. The van der Waals surface area contributed by atoms with Crippen LogP contribution in [0.2, 0.25) is 0 Å². The SMILES string of the molecule is COC(=O)CCCCCCCC=NNc1ccc([N+](=O)[O-])cc1[N+](=O)[O-]. The number of hydrazone groups is 1. The van der Waals surface area contributed by atoms with Crippen LogP contribution in [0.25, 0.3) is 0 Å².